The van der Waals surface area contributed by atoms with Gasteiger partial charge < -0.3 is 14.8 Å². The zero-order chi connectivity index (χ0) is 11.5. The highest BCUT2D eigenvalue weighted by molar-refractivity contribution is 5.92. The molecular weight excluding hydrogens is 206 g/mol. The van der Waals surface area contributed by atoms with E-state index >= 15 is 0 Å². The molecule has 0 aliphatic carbocycles. The summed E-state index contributed by atoms with van der Waals surface area (Å²) in [6.07, 6.45) is 0. The smallest absolute Gasteiger partial charge is 0.270 e. The maximum Gasteiger partial charge on any atom is 0.270 e. The van der Waals surface area contributed by atoms with E-state index in [4.69, 9.17) is 0 Å². The molecule has 1 aromatic heterocycles. The maximum atomic E-state index is 12.0. The summed E-state index contributed by atoms with van der Waals surface area (Å²) in [6.45, 7) is 3.18. The van der Waals surface area contributed by atoms with E-state index in [0.29, 0.717) is 18.8 Å². The fourth-order valence-electron chi connectivity index (χ4n) is 1.75. The molecule has 0 aromatic carbocycles. The Labute approximate surface area is 93.7 Å². The molecule has 1 amide bonds. The molecule has 1 fully saturated rings. The molecule has 0 atom stereocenters. The van der Waals surface area contributed by atoms with Crippen LogP contribution in [-0.4, -0.2) is 53.9 Å². The third-order valence-electron chi connectivity index (χ3n) is 2.79. The Balaban J connectivity index is 2.10. The van der Waals surface area contributed by atoms with Gasteiger partial charge in [0.2, 0.25) is 5.56 Å². The van der Waals surface area contributed by atoms with E-state index in [9.17, 15) is 9.59 Å². The van der Waals surface area contributed by atoms with Crippen LogP contribution in [0.15, 0.2) is 23.0 Å². The number of pyridine rings is 1. The summed E-state index contributed by atoms with van der Waals surface area (Å²) in [5, 5.41) is 0. The number of hydrogen-bond donors (Lipinski definition) is 1. The number of piperazine rings is 1. The number of nitrogens with one attached hydrogen (secondary N) is 1. The predicted octanol–water partition coefficient (Wildman–Crippen LogP) is -0.238. The van der Waals surface area contributed by atoms with E-state index in [0.717, 1.165) is 13.1 Å². The SMILES string of the molecule is CN1CCN(C(=O)c2cccc(=O)[nH]2)CC1. The van der Waals surface area contributed by atoms with E-state index < -0.39 is 0 Å². The van der Waals surface area contributed by atoms with Crippen LogP contribution in [0.1, 0.15) is 10.5 Å². The lowest BCUT2D eigenvalue weighted by Gasteiger charge is -2.32. The van der Waals surface area contributed by atoms with Crippen molar-refractivity contribution >= 4 is 5.91 Å². The summed E-state index contributed by atoms with van der Waals surface area (Å²) in [7, 11) is 2.03. The van der Waals surface area contributed by atoms with Gasteiger partial charge in [0.1, 0.15) is 5.69 Å². The average molecular weight is 221 g/mol. The number of aromatic nitrogens is 1. The van der Waals surface area contributed by atoms with Crippen molar-refractivity contribution in [2.75, 3.05) is 33.2 Å². The molecule has 0 saturated carbocycles. The molecule has 0 unspecified atom stereocenters. The summed E-state index contributed by atoms with van der Waals surface area (Å²) in [5.41, 5.74) is 0.136. The number of likely N-dealkylation sites (N-methyl/N-ethyl adjacent to an activating group) is 1. The highest BCUT2D eigenvalue weighted by atomic mass is 16.2. The molecule has 1 N–H and O–H groups in total. The van der Waals surface area contributed by atoms with Gasteiger partial charge in [-0.3, -0.25) is 9.59 Å². The van der Waals surface area contributed by atoms with Crippen LogP contribution < -0.4 is 5.56 Å². The molecule has 1 aromatic rings. The van der Waals surface area contributed by atoms with Gasteiger partial charge in [0, 0.05) is 32.2 Å². The van der Waals surface area contributed by atoms with Crippen LogP contribution in [-0.2, 0) is 0 Å². The number of carbonyl (C=O) groups excluding carboxylic acids is 1. The van der Waals surface area contributed by atoms with Gasteiger partial charge in [-0.05, 0) is 13.1 Å². The van der Waals surface area contributed by atoms with Gasteiger partial charge in [-0.2, -0.15) is 0 Å². The van der Waals surface area contributed by atoms with Crippen molar-refractivity contribution < 1.29 is 4.79 Å². The maximum absolute atomic E-state index is 12.0. The second-order valence-corrected chi connectivity index (χ2v) is 4.02. The van der Waals surface area contributed by atoms with E-state index in [1.54, 1.807) is 17.0 Å². The molecule has 16 heavy (non-hydrogen) atoms. The Hall–Kier alpha value is -1.62. The lowest BCUT2D eigenvalue weighted by molar-refractivity contribution is 0.0658. The van der Waals surface area contributed by atoms with Crippen molar-refractivity contribution in [2.45, 2.75) is 0 Å². The van der Waals surface area contributed by atoms with Gasteiger partial charge in [0.05, 0.1) is 0 Å². The fourth-order valence-corrected chi connectivity index (χ4v) is 1.75. The number of amides is 1. The highest BCUT2D eigenvalue weighted by Crippen LogP contribution is 2.04. The zero-order valence-corrected chi connectivity index (χ0v) is 9.27. The topological polar surface area (TPSA) is 56.4 Å². The van der Waals surface area contributed by atoms with Crippen molar-refractivity contribution in [1.82, 2.24) is 14.8 Å². The molecule has 1 aliphatic heterocycles. The summed E-state index contributed by atoms with van der Waals surface area (Å²) in [6, 6.07) is 4.64. The van der Waals surface area contributed by atoms with Crippen LogP contribution in [0.3, 0.4) is 0 Å². The van der Waals surface area contributed by atoms with E-state index in [-0.39, 0.29) is 11.5 Å². The monoisotopic (exact) mass is 221 g/mol. The fraction of sp³-hybridized carbons (Fsp3) is 0.455. The van der Waals surface area contributed by atoms with Crippen molar-refractivity contribution in [3.05, 3.63) is 34.2 Å². The highest BCUT2D eigenvalue weighted by Gasteiger charge is 2.20. The summed E-state index contributed by atoms with van der Waals surface area (Å²) in [5.74, 6) is -0.0919. The first kappa shape index (κ1) is 10.9. The third-order valence-corrected chi connectivity index (χ3v) is 2.79. The van der Waals surface area contributed by atoms with E-state index in [1.807, 2.05) is 7.05 Å². The van der Waals surface area contributed by atoms with Crippen LogP contribution in [0.2, 0.25) is 0 Å². The lowest BCUT2D eigenvalue weighted by Crippen LogP contribution is -2.47. The molecule has 86 valence electrons. The molecule has 2 rings (SSSR count). The molecule has 0 bridgehead atoms. The van der Waals surface area contributed by atoms with Crippen molar-refractivity contribution in [3.8, 4) is 0 Å². The van der Waals surface area contributed by atoms with Crippen molar-refractivity contribution in [3.63, 3.8) is 0 Å². The summed E-state index contributed by atoms with van der Waals surface area (Å²) < 4.78 is 0. The number of rotatable bonds is 1. The number of nitrogens with zero attached hydrogens (tertiary/aromatic N) is 2. The van der Waals surface area contributed by atoms with Crippen LogP contribution in [0.25, 0.3) is 0 Å². The van der Waals surface area contributed by atoms with Crippen LogP contribution >= 0.6 is 0 Å². The Morgan fingerprint density at radius 1 is 1.25 bits per heavy atom. The van der Waals surface area contributed by atoms with Gasteiger partial charge in [0.25, 0.3) is 5.91 Å². The van der Waals surface area contributed by atoms with Gasteiger partial charge in [0.15, 0.2) is 0 Å². The molecule has 2 heterocycles. The number of H-pyrrole nitrogens is 1. The van der Waals surface area contributed by atoms with E-state index in [2.05, 4.69) is 9.88 Å². The number of aromatic amines is 1. The molecule has 5 nitrogen and oxygen atoms in total. The van der Waals surface area contributed by atoms with Gasteiger partial charge >= 0.3 is 0 Å². The predicted molar refractivity (Wildman–Crippen MR) is 60.5 cm³/mol. The van der Waals surface area contributed by atoms with Gasteiger partial charge in [-0.15, -0.1) is 0 Å². The van der Waals surface area contributed by atoms with Crippen molar-refractivity contribution in [1.29, 1.82) is 0 Å². The normalized spacial score (nSPS) is 17.4. The standard InChI is InChI=1S/C11H15N3O2/c1-13-5-7-14(8-6-13)11(16)9-3-2-4-10(15)12-9/h2-4H,5-8H2,1H3,(H,12,15). The molecular formula is C11H15N3O2. The van der Waals surface area contributed by atoms with Crippen molar-refractivity contribution in [2.24, 2.45) is 0 Å². The number of carbonyl (C=O) groups is 1. The minimum atomic E-state index is -0.236. The second-order valence-electron chi connectivity index (χ2n) is 4.02. The summed E-state index contributed by atoms with van der Waals surface area (Å²) >= 11 is 0. The Bertz CT molecular complexity index is 433. The van der Waals surface area contributed by atoms with Gasteiger partial charge in [-0.1, -0.05) is 6.07 Å². The first-order chi connectivity index (χ1) is 7.66. The third kappa shape index (κ3) is 2.30. The van der Waals surface area contributed by atoms with Gasteiger partial charge in [-0.25, -0.2) is 0 Å². The Kier molecular flexibility index (Phi) is 3.05. The lowest BCUT2D eigenvalue weighted by atomic mass is 10.2. The Morgan fingerprint density at radius 2 is 1.94 bits per heavy atom. The zero-order valence-electron chi connectivity index (χ0n) is 9.27. The summed E-state index contributed by atoms with van der Waals surface area (Å²) in [4.78, 5) is 29.6. The van der Waals surface area contributed by atoms with Crippen LogP contribution in [0.4, 0.5) is 0 Å². The average Bonchev–Trinajstić information content (AvgIpc) is 2.29. The number of hydrogen-bond acceptors (Lipinski definition) is 3. The molecule has 5 heteroatoms. The minimum absolute atomic E-state index is 0.0919. The van der Waals surface area contributed by atoms with Crippen LogP contribution in [0.5, 0.6) is 0 Å². The van der Waals surface area contributed by atoms with E-state index in [1.165, 1.54) is 6.07 Å². The quantitative estimate of drug-likeness (QED) is 0.712. The molecule has 0 spiro atoms. The second kappa shape index (κ2) is 4.49. The largest absolute Gasteiger partial charge is 0.335 e. The first-order valence-electron chi connectivity index (χ1n) is 5.34. The Morgan fingerprint density at radius 3 is 2.56 bits per heavy atom. The molecule has 0 radical (unpaired) electrons. The van der Waals surface area contributed by atoms with Crippen LogP contribution in [0, 0.1) is 0 Å². The first-order valence-corrected chi connectivity index (χ1v) is 5.34. The molecule has 1 aliphatic rings. The molecule has 1 saturated heterocycles. The minimum Gasteiger partial charge on any atom is -0.335 e.